The third kappa shape index (κ3) is 2.92. The van der Waals surface area contributed by atoms with Gasteiger partial charge in [0.2, 0.25) is 0 Å². The van der Waals surface area contributed by atoms with E-state index >= 15 is 0 Å². The number of rotatable bonds is 4. The van der Waals surface area contributed by atoms with Crippen molar-refractivity contribution in [3.05, 3.63) is 23.5 Å². The van der Waals surface area contributed by atoms with Gasteiger partial charge in [-0.05, 0) is 45.6 Å². The van der Waals surface area contributed by atoms with E-state index in [1.807, 2.05) is 10.7 Å². The number of aromatic nitrogens is 3. The molecule has 0 aromatic carbocycles. The molecule has 2 aromatic rings. The minimum atomic E-state index is 0.0412. The molecule has 5 heteroatoms. The molecule has 4 rings (SSSR count). The fourth-order valence-corrected chi connectivity index (χ4v) is 3.70. The Morgan fingerprint density at radius 2 is 1.96 bits per heavy atom. The molecule has 2 aliphatic carbocycles. The fourth-order valence-electron chi connectivity index (χ4n) is 3.70. The van der Waals surface area contributed by atoms with E-state index < -0.39 is 0 Å². The van der Waals surface area contributed by atoms with Crippen LogP contribution in [0.25, 0.3) is 11.0 Å². The maximum Gasteiger partial charge on any atom is 0.252 e. The number of carbonyl (C=O) groups is 1. The van der Waals surface area contributed by atoms with Gasteiger partial charge in [-0.25, -0.2) is 9.67 Å². The van der Waals surface area contributed by atoms with Crippen LogP contribution in [0, 0.1) is 0 Å². The molecular weight excluding hydrogens is 300 g/mol. The van der Waals surface area contributed by atoms with Crippen LogP contribution in [0.1, 0.15) is 86.8 Å². The summed E-state index contributed by atoms with van der Waals surface area (Å²) in [5.41, 5.74) is 2.65. The number of hydrogen-bond donors (Lipinski definition) is 1. The predicted octanol–water partition coefficient (Wildman–Crippen LogP) is 3.95. The van der Waals surface area contributed by atoms with Gasteiger partial charge >= 0.3 is 0 Å². The van der Waals surface area contributed by atoms with Crippen LogP contribution in [0.3, 0.4) is 0 Å². The minimum Gasteiger partial charge on any atom is -0.349 e. The molecule has 0 saturated heterocycles. The Morgan fingerprint density at radius 1 is 1.21 bits per heavy atom. The van der Waals surface area contributed by atoms with Gasteiger partial charge in [0.15, 0.2) is 5.65 Å². The fraction of sp³-hybridized carbons (Fsp3) is 0.632. The van der Waals surface area contributed by atoms with E-state index in [-0.39, 0.29) is 11.9 Å². The molecule has 2 fully saturated rings. The summed E-state index contributed by atoms with van der Waals surface area (Å²) in [5, 5.41) is 8.60. The number of nitrogens with one attached hydrogen (secondary N) is 1. The van der Waals surface area contributed by atoms with Crippen molar-refractivity contribution >= 4 is 16.9 Å². The molecule has 24 heavy (non-hydrogen) atoms. The number of amides is 1. The second-order valence-electron chi connectivity index (χ2n) is 7.60. The van der Waals surface area contributed by atoms with Crippen LogP contribution >= 0.6 is 0 Å². The molecule has 1 N–H and O–H groups in total. The standard InChI is InChI=1S/C19H26N4O/c1-12(2)23-18-16(11-20-23)15(10-17(22-18)13-8-9-13)19(24)21-14-6-4-3-5-7-14/h10-14H,3-9H2,1-2H3,(H,21,24). The van der Waals surface area contributed by atoms with Crippen molar-refractivity contribution in [2.45, 2.75) is 76.8 Å². The van der Waals surface area contributed by atoms with Gasteiger partial charge in [-0.1, -0.05) is 19.3 Å². The summed E-state index contributed by atoms with van der Waals surface area (Å²) < 4.78 is 1.93. The summed E-state index contributed by atoms with van der Waals surface area (Å²) >= 11 is 0. The topological polar surface area (TPSA) is 59.8 Å². The third-order valence-electron chi connectivity index (χ3n) is 5.26. The van der Waals surface area contributed by atoms with Crippen LogP contribution < -0.4 is 5.32 Å². The van der Waals surface area contributed by atoms with Crippen LogP contribution in [0.15, 0.2) is 12.3 Å². The summed E-state index contributed by atoms with van der Waals surface area (Å²) in [6.07, 6.45) is 10.1. The average molecular weight is 326 g/mol. The Morgan fingerprint density at radius 3 is 2.62 bits per heavy atom. The van der Waals surface area contributed by atoms with Crippen molar-refractivity contribution in [1.29, 1.82) is 0 Å². The zero-order chi connectivity index (χ0) is 16.7. The van der Waals surface area contributed by atoms with Crippen molar-refractivity contribution in [2.24, 2.45) is 0 Å². The molecule has 0 bridgehead atoms. The van der Waals surface area contributed by atoms with Crippen molar-refractivity contribution in [3.63, 3.8) is 0 Å². The smallest absolute Gasteiger partial charge is 0.252 e. The van der Waals surface area contributed by atoms with E-state index in [4.69, 9.17) is 4.98 Å². The molecule has 1 amide bonds. The highest BCUT2D eigenvalue weighted by Gasteiger charge is 2.28. The molecule has 0 unspecified atom stereocenters. The van der Waals surface area contributed by atoms with E-state index in [0.717, 1.165) is 35.1 Å². The molecule has 0 aliphatic heterocycles. The molecule has 0 radical (unpaired) electrons. The number of hydrogen-bond acceptors (Lipinski definition) is 3. The molecule has 128 valence electrons. The average Bonchev–Trinajstić information content (AvgIpc) is 3.33. The van der Waals surface area contributed by atoms with Gasteiger partial charge in [0.25, 0.3) is 5.91 Å². The predicted molar refractivity (Wildman–Crippen MR) is 94.2 cm³/mol. The quantitative estimate of drug-likeness (QED) is 0.925. The van der Waals surface area contributed by atoms with Crippen LogP contribution in [-0.2, 0) is 0 Å². The Kier molecular flexibility index (Phi) is 4.02. The van der Waals surface area contributed by atoms with Crippen molar-refractivity contribution < 1.29 is 4.79 Å². The molecule has 2 aromatic heterocycles. The van der Waals surface area contributed by atoms with E-state index in [1.165, 1.54) is 32.1 Å². The lowest BCUT2D eigenvalue weighted by Gasteiger charge is -2.23. The highest BCUT2D eigenvalue weighted by molar-refractivity contribution is 6.05. The monoisotopic (exact) mass is 326 g/mol. The maximum atomic E-state index is 12.9. The number of pyridine rings is 1. The second kappa shape index (κ2) is 6.19. The SMILES string of the molecule is CC(C)n1ncc2c(C(=O)NC3CCCCC3)cc(C3CC3)nc21. The Balaban J connectivity index is 1.71. The van der Waals surface area contributed by atoms with Crippen molar-refractivity contribution in [1.82, 2.24) is 20.1 Å². The third-order valence-corrected chi connectivity index (χ3v) is 5.26. The zero-order valence-corrected chi connectivity index (χ0v) is 14.6. The largest absolute Gasteiger partial charge is 0.349 e. The minimum absolute atomic E-state index is 0.0412. The number of nitrogens with zero attached hydrogens (tertiary/aromatic N) is 3. The lowest BCUT2D eigenvalue weighted by atomic mass is 9.95. The van der Waals surface area contributed by atoms with Gasteiger partial charge in [-0.3, -0.25) is 4.79 Å². The van der Waals surface area contributed by atoms with Crippen LogP contribution in [0.4, 0.5) is 0 Å². The molecule has 2 heterocycles. The molecule has 5 nitrogen and oxygen atoms in total. The molecular formula is C19H26N4O. The summed E-state index contributed by atoms with van der Waals surface area (Å²) in [4.78, 5) is 17.8. The van der Waals surface area contributed by atoms with Gasteiger partial charge in [0.1, 0.15) is 0 Å². The van der Waals surface area contributed by atoms with Crippen molar-refractivity contribution in [2.75, 3.05) is 0 Å². The Hall–Kier alpha value is -1.91. The van der Waals surface area contributed by atoms with Crippen LogP contribution in [0.5, 0.6) is 0 Å². The molecule has 2 aliphatic rings. The van der Waals surface area contributed by atoms with Gasteiger partial charge < -0.3 is 5.32 Å². The first-order valence-electron chi connectivity index (χ1n) is 9.32. The van der Waals surface area contributed by atoms with Gasteiger partial charge in [0, 0.05) is 23.7 Å². The molecule has 0 spiro atoms. The van der Waals surface area contributed by atoms with E-state index in [1.54, 1.807) is 6.20 Å². The summed E-state index contributed by atoms with van der Waals surface area (Å²) in [6, 6.07) is 2.56. The number of fused-ring (bicyclic) bond motifs is 1. The van der Waals surface area contributed by atoms with Crippen molar-refractivity contribution in [3.8, 4) is 0 Å². The van der Waals surface area contributed by atoms with Gasteiger partial charge in [-0.15, -0.1) is 0 Å². The zero-order valence-electron chi connectivity index (χ0n) is 14.6. The highest BCUT2D eigenvalue weighted by Crippen LogP contribution is 2.40. The number of carbonyl (C=O) groups excluding carboxylic acids is 1. The summed E-state index contributed by atoms with van der Waals surface area (Å²) in [5.74, 6) is 0.561. The van der Waals surface area contributed by atoms with E-state index in [2.05, 4.69) is 24.3 Å². The van der Waals surface area contributed by atoms with Gasteiger partial charge in [0.05, 0.1) is 17.1 Å². The normalized spacial score (nSPS) is 19.1. The summed E-state index contributed by atoms with van der Waals surface area (Å²) in [7, 11) is 0. The van der Waals surface area contributed by atoms with E-state index in [0.29, 0.717) is 12.0 Å². The first-order chi connectivity index (χ1) is 11.6. The van der Waals surface area contributed by atoms with E-state index in [9.17, 15) is 4.79 Å². The molecule has 2 saturated carbocycles. The Labute approximate surface area is 142 Å². The lowest BCUT2D eigenvalue weighted by molar-refractivity contribution is 0.0929. The van der Waals surface area contributed by atoms with Crippen LogP contribution in [-0.4, -0.2) is 26.7 Å². The lowest BCUT2D eigenvalue weighted by Crippen LogP contribution is -2.36. The summed E-state index contributed by atoms with van der Waals surface area (Å²) in [6.45, 7) is 4.19. The van der Waals surface area contributed by atoms with Gasteiger partial charge in [-0.2, -0.15) is 5.10 Å². The first-order valence-corrected chi connectivity index (χ1v) is 9.32. The molecule has 0 atom stereocenters. The first kappa shape index (κ1) is 15.6. The highest BCUT2D eigenvalue weighted by atomic mass is 16.1. The maximum absolute atomic E-state index is 12.9. The Bertz CT molecular complexity index is 754. The van der Waals surface area contributed by atoms with Crippen LogP contribution in [0.2, 0.25) is 0 Å². The second-order valence-corrected chi connectivity index (χ2v) is 7.60.